The SMILES string of the molecule is Cc1ccc(C)c(N2CCN(C(=O)c3ccc([N+](=O)[O-])cc3)[C@H](C)C2=O)c1. The smallest absolute Gasteiger partial charge is 0.269 e. The molecule has 0 bridgehead atoms. The number of non-ortho nitro benzene ring substituents is 1. The van der Waals surface area contributed by atoms with E-state index in [1.807, 2.05) is 32.0 Å². The number of carbonyl (C=O) groups is 2. The maximum Gasteiger partial charge on any atom is 0.269 e. The van der Waals surface area contributed by atoms with Crippen LogP contribution in [0.2, 0.25) is 0 Å². The number of nitrogens with zero attached hydrogens (tertiary/aromatic N) is 3. The number of hydrogen-bond donors (Lipinski definition) is 0. The second kappa shape index (κ2) is 7.19. The van der Waals surface area contributed by atoms with Crippen molar-refractivity contribution < 1.29 is 14.5 Å². The van der Waals surface area contributed by atoms with Gasteiger partial charge in [0, 0.05) is 36.5 Å². The molecule has 0 N–H and O–H groups in total. The van der Waals surface area contributed by atoms with Crippen LogP contribution in [0.25, 0.3) is 0 Å². The summed E-state index contributed by atoms with van der Waals surface area (Å²) in [5, 5.41) is 10.8. The third-order valence-corrected chi connectivity index (χ3v) is 4.90. The van der Waals surface area contributed by atoms with Gasteiger partial charge in [0.15, 0.2) is 0 Å². The van der Waals surface area contributed by atoms with Crippen molar-refractivity contribution in [3.8, 4) is 0 Å². The van der Waals surface area contributed by atoms with Crippen molar-refractivity contribution in [2.75, 3.05) is 18.0 Å². The summed E-state index contributed by atoms with van der Waals surface area (Å²) in [7, 11) is 0. The number of nitro benzene ring substituents is 1. The number of rotatable bonds is 3. The lowest BCUT2D eigenvalue weighted by molar-refractivity contribution is -0.384. The number of amides is 2. The van der Waals surface area contributed by atoms with Crippen molar-refractivity contribution in [3.63, 3.8) is 0 Å². The van der Waals surface area contributed by atoms with E-state index in [0.29, 0.717) is 18.7 Å². The molecule has 27 heavy (non-hydrogen) atoms. The standard InChI is InChI=1S/C20H21N3O4/c1-13-4-5-14(2)18(12-13)22-11-10-21(15(3)19(22)24)20(25)16-6-8-17(9-7-16)23(26)27/h4-9,12,15H,10-11H2,1-3H3/t15-/m1/s1. The summed E-state index contributed by atoms with van der Waals surface area (Å²) in [6.45, 7) is 6.46. The molecule has 1 heterocycles. The lowest BCUT2D eigenvalue weighted by Crippen LogP contribution is -2.58. The summed E-state index contributed by atoms with van der Waals surface area (Å²) < 4.78 is 0. The van der Waals surface area contributed by atoms with Crippen molar-refractivity contribution in [1.29, 1.82) is 0 Å². The minimum atomic E-state index is -0.610. The maximum absolute atomic E-state index is 12.9. The Hall–Kier alpha value is -3.22. The zero-order valence-corrected chi connectivity index (χ0v) is 15.5. The highest BCUT2D eigenvalue weighted by molar-refractivity contribution is 6.03. The fraction of sp³-hybridized carbons (Fsp3) is 0.300. The predicted octanol–water partition coefficient (Wildman–Crippen LogP) is 3.09. The Balaban J connectivity index is 1.80. The van der Waals surface area contributed by atoms with Crippen molar-refractivity contribution in [3.05, 3.63) is 69.3 Å². The van der Waals surface area contributed by atoms with Crippen molar-refractivity contribution in [2.45, 2.75) is 26.8 Å². The first-order valence-electron chi connectivity index (χ1n) is 8.73. The second-order valence-corrected chi connectivity index (χ2v) is 6.76. The minimum Gasteiger partial charge on any atom is -0.325 e. The Bertz CT molecular complexity index is 908. The van der Waals surface area contributed by atoms with Crippen LogP contribution in [0.15, 0.2) is 42.5 Å². The molecule has 0 unspecified atom stereocenters. The highest BCUT2D eigenvalue weighted by atomic mass is 16.6. The third-order valence-electron chi connectivity index (χ3n) is 4.90. The van der Waals surface area contributed by atoms with Crippen LogP contribution in [-0.2, 0) is 4.79 Å². The average Bonchev–Trinajstić information content (AvgIpc) is 2.65. The number of aryl methyl sites for hydroxylation is 2. The van der Waals surface area contributed by atoms with Gasteiger partial charge in [0.2, 0.25) is 5.91 Å². The number of anilines is 1. The first-order chi connectivity index (χ1) is 12.8. The molecular weight excluding hydrogens is 346 g/mol. The molecule has 1 atom stereocenters. The molecule has 7 nitrogen and oxygen atoms in total. The molecule has 0 spiro atoms. The number of nitro groups is 1. The highest BCUT2D eigenvalue weighted by Crippen LogP contribution is 2.26. The summed E-state index contributed by atoms with van der Waals surface area (Å²) >= 11 is 0. The van der Waals surface area contributed by atoms with Crippen molar-refractivity contribution in [2.24, 2.45) is 0 Å². The van der Waals surface area contributed by atoms with E-state index in [1.54, 1.807) is 11.8 Å². The van der Waals surface area contributed by atoms with Crippen LogP contribution in [0.5, 0.6) is 0 Å². The molecular formula is C20H21N3O4. The zero-order chi connectivity index (χ0) is 19.7. The van der Waals surface area contributed by atoms with E-state index in [2.05, 4.69) is 0 Å². The fourth-order valence-electron chi connectivity index (χ4n) is 3.29. The largest absolute Gasteiger partial charge is 0.325 e. The maximum atomic E-state index is 12.9. The first-order valence-corrected chi connectivity index (χ1v) is 8.73. The van der Waals surface area contributed by atoms with E-state index in [-0.39, 0.29) is 17.5 Å². The normalized spacial score (nSPS) is 17.1. The molecule has 2 aromatic rings. The van der Waals surface area contributed by atoms with Crippen LogP contribution < -0.4 is 4.90 Å². The summed E-state index contributed by atoms with van der Waals surface area (Å²) in [4.78, 5) is 39.2. The first kappa shape index (κ1) is 18.6. The average molecular weight is 367 g/mol. The molecule has 1 aliphatic rings. The Labute approximate surface area is 157 Å². The van der Waals surface area contributed by atoms with Gasteiger partial charge in [-0.3, -0.25) is 19.7 Å². The van der Waals surface area contributed by atoms with Gasteiger partial charge in [-0.05, 0) is 50.1 Å². The van der Waals surface area contributed by atoms with Crippen LogP contribution >= 0.6 is 0 Å². The van der Waals surface area contributed by atoms with Gasteiger partial charge in [-0.25, -0.2) is 0 Å². The zero-order valence-electron chi connectivity index (χ0n) is 15.5. The van der Waals surface area contributed by atoms with Crippen LogP contribution in [0.3, 0.4) is 0 Å². The fourth-order valence-corrected chi connectivity index (χ4v) is 3.29. The van der Waals surface area contributed by atoms with Gasteiger partial charge in [0.1, 0.15) is 6.04 Å². The molecule has 0 aromatic heterocycles. The minimum absolute atomic E-state index is 0.0737. The van der Waals surface area contributed by atoms with Gasteiger partial charge in [0.25, 0.3) is 11.6 Å². The molecule has 2 aromatic carbocycles. The molecule has 1 saturated heterocycles. The summed E-state index contributed by atoms with van der Waals surface area (Å²) in [5.74, 6) is -0.434. The number of carbonyl (C=O) groups excluding carboxylic acids is 2. The Kier molecular flexibility index (Phi) is 4.94. The van der Waals surface area contributed by atoms with E-state index in [4.69, 9.17) is 0 Å². The lowest BCUT2D eigenvalue weighted by atomic mass is 10.1. The van der Waals surface area contributed by atoms with E-state index in [0.717, 1.165) is 16.8 Å². The van der Waals surface area contributed by atoms with Crippen LogP contribution in [-0.4, -0.2) is 40.8 Å². The molecule has 1 fully saturated rings. The monoisotopic (exact) mass is 367 g/mol. The van der Waals surface area contributed by atoms with E-state index in [9.17, 15) is 19.7 Å². The van der Waals surface area contributed by atoms with Gasteiger partial charge in [0.05, 0.1) is 4.92 Å². The Morgan fingerprint density at radius 1 is 1.11 bits per heavy atom. The lowest BCUT2D eigenvalue weighted by Gasteiger charge is -2.39. The van der Waals surface area contributed by atoms with Gasteiger partial charge < -0.3 is 9.80 Å². The molecule has 1 aliphatic heterocycles. The van der Waals surface area contributed by atoms with E-state index in [1.165, 1.54) is 29.2 Å². The molecule has 7 heteroatoms. The Morgan fingerprint density at radius 3 is 2.41 bits per heavy atom. The van der Waals surface area contributed by atoms with Gasteiger partial charge in [-0.15, -0.1) is 0 Å². The molecule has 0 aliphatic carbocycles. The quantitative estimate of drug-likeness (QED) is 0.616. The third kappa shape index (κ3) is 3.53. The summed E-state index contributed by atoms with van der Waals surface area (Å²) in [5.41, 5.74) is 3.21. The molecule has 140 valence electrons. The predicted molar refractivity (Wildman–Crippen MR) is 102 cm³/mol. The van der Waals surface area contributed by atoms with E-state index >= 15 is 0 Å². The van der Waals surface area contributed by atoms with Crippen LogP contribution in [0, 0.1) is 24.0 Å². The molecule has 0 saturated carbocycles. The molecule has 2 amide bonds. The van der Waals surface area contributed by atoms with Crippen molar-refractivity contribution >= 4 is 23.2 Å². The summed E-state index contributed by atoms with van der Waals surface area (Å²) in [6, 6.07) is 10.8. The van der Waals surface area contributed by atoms with Crippen LogP contribution in [0.4, 0.5) is 11.4 Å². The van der Waals surface area contributed by atoms with Crippen LogP contribution in [0.1, 0.15) is 28.4 Å². The van der Waals surface area contributed by atoms with Gasteiger partial charge >= 0.3 is 0 Å². The Morgan fingerprint density at radius 2 is 1.78 bits per heavy atom. The number of hydrogen-bond acceptors (Lipinski definition) is 4. The molecule has 3 rings (SSSR count). The molecule has 0 radical (unpaired) electrons. The van der Waals surface area contributed by atoms with Gasteiger partial charge in [-0.1, -0.05) is 12.1 Å². The van der Waals surface area contributed by atoms with E-state index < -0.39 is 11.0 Å². The number of benzene rings is 2. The second-order valence-electron chi connectivity index (χ2n) is 6.76. The summed E-state index contributed by atoms with van der Waals surface area (Å²) in [6.07, 6.45) is 0. The van der Waals surface area contributed by atoms with Gasteiger partial charge in [-0.2, -0.15) is 0 Å². The van der Waals surface area contributed by atoms with Crippen molar-refractivity contribution in [1.82, 2.24) is 4.90 Å². The highest BCUT2D eigenvalue weighted by Gasteiger charge is 2.35. The number of piperazine rings is 1. The topological polar surface area (TPSA) is 83.8 Å².